The number of ether oxygens (including phenoxy) is 3. The van der Waals surface area contributed by atoms with E-state index in [9.17, 15) is 10.0 Å². The molecule has 8 N–H and O–H groups in total. The fraction of sp³-hybridized carbons (Fsp3) is 0.163. The molecule has 6 aromatic rings. The smallest absolute Gasteiger partial charge is 0.457 e. The lowest BCUT2D eigenvalue weighted by Crippen LogP contribution is -2.27. The van der Waals surface area contributed by atoms with Gasteiger partial charge in [0.2, 0.25) is 0 Å². The highest BCUT2D eigenvalue weighted by molar-refractivity contribution is 6.67. The van der Waals surface area contributed by atoms with Crippen LogP contribution in [0.3, 0.4) is 0 Å². The molecule has 0 fully saturated rings. The molecule has 6 aromatic carbocycles. The van der Waals surface area contributed by atoms with Crippen LogP contribution in [0.25, 0.3) is 0 Å². The van der Waals surface area contributed by atoms with Gasteiger partial charge in [-0.3, -0.25) is 0 Å². The first-order valence-electron chi connectivity index (χ1n) is 18.8. The van der Waals surface area contributed by atoms with Crippen LogP contribution in [-0.4, -0.2) is 31.2 Å². The maximum Gasteiger partial charge on any atom is 0.491 e. The minimum absolute atomic E-state index is 0.181. The van der Waals surface area contributed by atoms with Gasteiger partial charge in [-0.25, -0.2) is 0 Å². The van der Waals surface area contributed by atoms with E-state index in [0.717, 1.165) is 73.2 Å². The first-order valence-corrected chi connectivity index (χ1v) is 18.8. The van der Waals surface area contributed by atoms with Crippen molar-refractivity contribution in [1.29, 1.82) is 0 Å². The van der Waals surface area contributed by atoms with Gasteiger partial charge in [-0.05, 0) is 111 Å². The van der Waals surface area contributed by atoms with Crippen molar-refractivity contribution < 1.29 is 38.2 Å². The maximum absolute atomic E-state index is 9.55. The average Bonchev–Trinajstić information content (AvgIpc) is 3.93. The van der Waals surface area contributed by atoms with Crippen molar-refractivity contribution in [3.63, 3.8) is 0 Å². The zero-order valence-corrected chi connectivity index (χ0v) is 31.7. The van der Waals surface area contributed by atoms with Crippen molar-refractivity contribution in [3.8, 4) is 34.5 Å². The molecule has 288 valence electrons. The van der Waals surface area contributed by atoms with Crippen LogP contribution in [0.15, 0.2) is 127 Å². The molecule has 0 amide bonds. The first-order chi connectivity index (χ1) is 27.8. The number of para-hydroxylation sites is 1. The van der Waals surface area contributed by atoms with Gasteiger partial charge < -0.3 is 55.4 Å². The van der Waals surface area contributed by atoms with Crippen LogP contribution in [0.5, 0.6) is 34.5 Å². The molecule has 0 unspecified atom stereocenters. The molecule has 3 aliphatic heterocycles. The molecule has 0 spiro atoms. The third kappa shape index (κ3) is 9.95. The summed E-state index contributed by atoms with van der Waals surface area (Å²) in [6.45, 7) is 5.22. The van der Waals surface area contributed by atoms with E-state index in [4.69, 9.17) is 45.4 Å². The summed E-state index contributed by atoms with van der Waals surface area (Å²) in [5, 5.41) is 19.1. The normalized spacial score (nSPS) is 13.5. The van der Waals surface area contributed by atoms with Crippen LogP contribution in [0, 0.1) is 0 Å². The molecule has 9 rings (SSSR count). The predicted molar refractivity (Wildman–Crippen MR) is 223 cm³/mol. The van der Waals surface area contributed by atoms with E-state index in [-0.39, 0.29) is 6.92 Å². The molecule has 0 bridgehead atoms. The molecule has 0 saturated carbocycles. The van der Waals surface area contributed by atoms with E-state index in [1.54, 1.807) is 0 Å². The largest absolute Gasteiger partial charge is 0.491 e. The Morgan fingerprint density at radius 1 is 0.491 bits per heavy atom. The molecule has 0 radical (unpaired) electrons. The van der Waals surface area contributed by atoms with Crippen LogP contribution in [0.4, 0.5) is 0 Å². The summed E-state index contributed by atoms with van der Waals surface area (Å²) in [7, 11) is -1.63. The predicted octanol–water partition coefficient (Wildman–Crippen LogP) is 4.61. The fourth-order valence-electron chi connectivity index (χ4n) is 6.61. The maximum atomic E-state index is 9.55. The Morgan fingerprint density at radius 2 is 1.00 bits per heavy atom. The number of nitrogens with two attached hydrogens (primary N) is 3. The standard InChI is InChI=1S/C15H16BNO2.2C14H14BNO3/c1-16-14-7-6-13(8-12(14)10-18-16)19-15-5-3-2-4-11(15)9-17;16-8-10-1-3-12(4-2-10)19-13-5-6-14-11(7-13)9-18-15(14)17;16-8-10-2-1-3-12(6-10)19-13-4-5-14-11(7-13)9-18-15(14)17/h2-8H,9-10,17H2,1H3;2*1-7,17H,8-9,16H2. The second-order valence-corrected chi connectivity index (χ2v) is 13.7. The van der Waals surface area contributed by atoms with Gasteiger partial charge in [0.1, 0.15) is 34.5 Å². The summed E-state index contributed by atoms with van der Waals surface area (Å²) in [5.41, 5.74) is 26.0. The summed E-state index contributed by atoms with van der Waals surface area (Å²) in [6.07, 6.45) is 0. The van der Waals surface area contributed by atoms with Crippen molar-refractivity contribution >= 4 is 37.5 Å². The molecule has 0 atom stereocenters. The summed E-state index contributed by atoms with van der Waals surface area (Å²) < 4.78 is 33.4. The van der Waals surface area contributed by atoms with E-state index in [0.29, 0.717) is 39.5 Å². The van der Waals surface area contributed by atoms with Crippen molar-refractivity contribution in [1.82, 2.24) is 0 Å². The lowest BCUT2D eigenvalue weighted by Gasteiger charge is -2.10. The summed E-state index contributed by atoms with van der Waals surface area (Å²) >= 11 is 0. The molecule has 3 heterocycles. The zero-order chi connectivity index (χ0) is 39.7. The number of hydrogen-bond acceptors (Lipinski definition) is 11. The van der Waals surface area contributed by atoms with Crippen molar-refractivity contribution in [2.24, 2.45) is 17.2 Å². The molecule has 3 aliphatic rings. The third-order valence-electron chi connectivity index (χ3n) is 9.78. The minimum Gasteiger partial charge on any atom is -0.457 e. The molecule has 14 heteroatoms. The van der Waals surface area contributed by atoms with Crippen molar-refractivity contribution in [2.45, 2.75) is 46.3 Å². The number of rotatable bonds is 9. The van der Waals surface area contributed by atoms with Gasteiger partial charge in [-0.15, -0.1) is 0 Å². The van der Waals surface area contributed by atoms with Gasteiger partial charge >= 0.3 is 21.2 Å². The summed E-state index contributed by atoms with van der Waals surface area (Å²) in [6, 6.07) is 40.4. The number of benzene rings is 6. The molecule has 0 aliphatic carbocycles. The van der Waals surface area contributed by atoms with Gasteiger partial charge in [0.05, 0.1) is 19.8 Å². The summed E-state index contributed by atoms with van der Waals surface area (Å²) in [4.78, 5) is 0. The third-order valence-corrected chi connectivity index (χ3v) is 9.78. The Morgan fingerprint density at radius 3 is 1.61 bits per heavy atom. The van der Waals surface area contributed by atoms with Gasteiger partial charge in [-0.1, -0.05) is 67.5 Å². The monoisotopic (exact) mass is 763 g/mol. The second kappa shape index (κ2) is 18.7. The minimum atomic E-state index is -0.815. The Bertz CT molecular complexity index is 2300. The Kier molecular flexibility index (Phi) is 13.1. The molecular weight excluding hydrogens is 719 g/mol. The first kappa shape index (κ1) is 39.8. The van der Waals surface area contributed by atoms with Crippen LogP contribution >= 0.6 is 0 Å². The highest BCUT2D eigenvalue weighted by atomic mass is 16.5. The van der Waals surface area contributed by atoms with Crippen LogP contribution in [-0.2, 0) is 53.4 Å². The van der Waals surface area contributed by atoms with E-state index in [2.05, 4.69) is 12.9 Å². The number of fused-ring (bicyclic) bond motifs is 3. The topological polar surface area (TPSA) is 174 Å². The highest BCUT2D eigenvalue weighted by Gasteiger charge is 2.28. The van der Waals surface area contributed by atoms with Gasteiger partial charge in [0.15, 0.2) is 0 Å². The fourth-order valence-corrected chi connectivity index (χ4v) is 6.61. The molecule has 0 saturated heterocycles. The van der Waals surface area contributed by atoms with Gasteiger partial charge in [0, 0.05) is 25.2 Å². The van der Waals surface area contributed by atoms with E-state index in [1.807, 2.05) is 121 Å². The van der Waals surface area contributed by atoms with E-state index in [1.165, 1.54) is 11.0 Å². The Hall–Kier alpha value is -5.41. The van der Waals surface area contributed by atoms with Crippen LogP contribution in [0.2, 0.25) is 6.82 Å². The van der Waals surface area contributed by atoms with Crippen molar-refractivity contribution in [3.05, 3.63) is 161 Å². The van der Waals surface area contributed by atoms with E-state index < -0.39 is 14.2 Å². The van der Waals surface area contributed by atoms with Gasteiger partial charge in [0.25, 0.3) is 0 Å². The Balaban J connectivity index is 0.000000131. The van der Waals surface area contributed by atoms with E-state index >= 15 is 0 Å². The Labute approximate surface area is 333 Å². The molecule has 0 aromatic heterocycles. The zero-order valence-electron chi connectivity index (χ0n) is 31.7. The second-order valence-electron chi connectivity index (χ2n) is 13.7. The molecular formula is C43H44B3N3O8. The van der Waals surface area contributed by atoms with Crippen LogP contribution in [0.1, 0.15) is 33.4 Å². The lowest BCUT2D eigenvalue weighted by atomic mass is 9.64. The van der Waals surface area contributed by atoms with Gasteiger partial charge in [-0.2, -0.15) is 0 Å². The quantitative estimate of drug-likeness (QED) is 0.130. The highest BCUT2D eigenvalue weighted by Crippen LogP contribution is 2.28. The van der Waals surface area contributed by atoms with Crippen molar-refractivity contribution in [2.75, 3.05) is 0 Å². The SMILES string of the molecule is CB1OCc2cc(Oc3ccccc3CN)ccc21.NCc1ccc(Oc2ccc3c(c2)COB3O)cc1.NCc1cccc(Oc2ccc3c(c2)COB3O)c1. The summed E-state index contributed by atoms with van der Waals surface area (Å²) in [5.74, 6) is 4.62. The lowest BCUT2D eigenvalue weighted by molar-refractivity contribution is 0.274. The molecule has 11 nitrogen and oxygen atoms in total. The molecule has 57 heavy (non-hydrogen) atoms. The average molecular weight is 763 g/mol. The van der Waals surface area contributed by atoms with Crippen LogP contribution < -0.4 is 47.8 Å². The number of hydrogen-bond donors (Lipinski definition) is 5.